The first kappa shape index (κ1) is 24.2. The molecule has 2 aromatic heterocycles. The first-order chi connectivity index (χ1) is 16.7. The van der Waals surface area contributed by atoms with Crippen LogP contribution < -0.4 is 10.1 Å². The summed E-state index contributed by atoms with van der Waals surface area (Å²) in [5.74, 6) is 0.510. The standard InChI is InChI=1S/C26H26ClN5O3/c1-15(32-34-5)17-6-8-18(9-7-17)23-21(27)14-22-24(29-23)30-25(28-22)35-20-12-10-19(11-13-20)26(3,4)31-16(2)33/h6-14H,1-5H3,(H,31,33)(H,28,29,30). The number of imidazole rings is 1. The van der Waals surface area contributed by atoms with E-state index in [1.54, 1.807) is 6.07 Å². The van der Waals surface area contributed by atoms with Gasteiger partial charge in [0.05, 0.1) is 27.5 Å². The maximum absolute atomic E-state index is 11.5. The van der Waals surface area contributed by atoms with Gasteiger partial charge < -0.3 is 19.9 Å². The number of benzene rings is 2. The molecule has 0 bridgehead atoms. The SMILES string of the molecule is CON=C(C)c1ccc(-c2nc3nc(Oc4ccc(C(C)(C)NC(C)=O)cc4)[nH]c3cc2Cl)cc1. The van der Waals surface area contributed by atoms with Gasteiger partial charge in [0, 0.05) is 12.5 Å². The van der Waals surface area contributed by atoms with Crippen LogP contribution in [-0.2, 0) is 15.2 Å². The third kappa shape index (κ3) is 5.44. The van der Waals surface area contributed by atoms with Crippen LogP contribution >= 0.6 is 11.6 Å². The average Bonchev–Trinajstić information content (AvgIpc) is 3.19. The Morgan fingerprint density at radius 1 is 1.06 bits per heavy atom. The summed E-state index contributed by atoms with van der Waals surface area (Å²) in [6.07, 6.45) is 0. The van der Waals surface area contributed by atoms with E-state index in [1.807, 2.05) is 69.3 Å². The fourth-order valence-corrected chi connectivity index (χ4v) is 4.03. The number of hydrogen-bond acceptors (Lipinski definition) is 6. The van der Waals surface area contributed by atoms with Crippen molar-refractivity contribution < 1.29 is 14.4 Å². The van der Waals surface area contributed by atoms with Crippen LogP contribution in [0.1, 0.15) is 38.8 Å². The van der Waals surface area contributed by atoms with Gasteiger partial charge in [-0.3, -0.25) is 4.79 Å². The van der Waals surface area contributed by atoms with E-state index in [1.165, 1.54) is 14.0 Å². The second-order valence-electron chi connectivity index (χ2n) is 8.60. The molecule has 0 aliphatic carbocycles. The van der Waals surface area contributed by atoms with Crippen LogP contribution in [0.4, 0.5) is 0 Å². The van der Waals surface area contributed by atoms with Crippen molar-refractivity contribution in [3.05, 3.63) is 70.7 Å². The number of nitrogens with one attached hydrogen (secondary N) is 2. The van der Waals surface area contributed by atoms with Gasteiger partial charge in [0.1, 0.15) is 12.9 Å². The van der Waals surface area contributed by atoms with Crippen LogP contribution in [0.15, 0.2) is 59.8 Å². The number of oxime groups is 1. The average molecular weight is 492 g/mol. The second-order valence-corrected chi connectivity index (χ2v) is 9.01. The Hall–Kier alpha value is -3.91. The first-order valence-electron chi connectivity index (χ1n) is 11.0. The molecule has 0 unspecified atom stereocenters. The Balaban J connectivity index is 1.56. The van der Waals surface area contributed by atoms with Crippen LogP contribution in [0, 0.1) is 0 Å². The van der Waals surface area contributed by atoms with Crippen LogP contribution in [0.3, 0.4) is 0 Å². The molecule has 35 heavy (non-hydrogen) atoms. The lowest BCUT2D eigenvalue weighted by Crippen LogP contribution is -2.39. The van der Waals surface area contributed by atoms with Crippen molar-refractivity contribution in [2.45, 2.75) is 33.2 Å². The van der Waals surface area contributed by atoms with Crippen LogP contribution in [-0.4, -0.2) is 33.7 Å². The van der Waals surface area contributed by atoms with Gasteiger partial charge in [-0.25, -0.2) is 4.98 Å². The predicted molar refractivity (Wildman–Crippen MR) is 137 cm³/mol. The third-order valence-electron chi connectivity index (χ3n) is 5.49. The number of fused-ring (bicyclic) bond motifs is 1. The van der Waals surface area contributed by atoms with Crippen molar-refractivity contribution in [3.8, 4) is 23.0 Å². The van der Waals surface area contributed by atoms with E-state index >= 15 is 0 Å². The minimum absolute atomic E-state index is 0.0888. The number of nitrogens with zero attached hydrogens (tertiary/aromatic N) is 3. The third-order valence-corrected chi connectivity index (χ3v) is 5.78. The molecule has 2 N–H and O–H groups in total. The fourth-order valence-electron chi connectivity index (χ4n) is 3.77. The van der Waals surface area contributed by atoms with Gasteiger partial charge in [-0.1, -0.05) is 53.2 Å². The van der Waals surface area contributed by atoms with Gasteiger partial charge in [-0.15, -0.1) is 0 Å². The minimum Gasteiger partial charge on any atom is -0.426 e. The molecule has 0 atom stereocenters. The van der Waals surface area contributed by atoms with E-state index in [-0.39, 0.29) is 5.91 Å². The summed E-state index contributed by atoms with van der Waals surface area (Å²) in [5, 5.41) is 7.37. The highest BCUT2D eigenvalue weighted by Gasteiger charge is 2.21. The number of hydrogen-bond donors (Lipinski definition) is 2. The summed E-state index contributed by atoms with van der Waals surface area (Å²) in [6, 6.07) is 17.3. The molecule has 8 nitrogen and oxygen atoms in total. The Morgan fingerprint density at radius 2 is 1.74 bits per heavy atom. The summed E-state index contributed by atoms with van der Waals surface area (Å²) in [6.45, 7) is 7.26. The second kappa shape index (κ2) is 9.76. The number of rotatable bonds is 7. The lowest BCUT2D eigenvalue weighted by molar-refractivity contribution is -0.120. The normalized spacial score (nSPS) is 12.0. The van der Waals surface area contributed by atoms with Gasteiger partial charge in [0.2, 0.25) is 5.91 Å². The van der Waals surface area contributed by atoms with Gasteiger partial charge >= 0.3 is 6.01 Å². The number of H-pyrrole nitrogens is 1. The largest absolute Gasteiger partial charge is 0.426 e. The minimum atomic E-state index is -0.492. The van der Waals surface area contributed by atoms with Gasteiger partial charge in [0.25, 0.3) is 0 Å². The molecular weight excluding hydrogens is 466 g/mol. The lowest BCUT2D eigenvalue weighted by Gasteiger charge is -2.26. The number of halogens is 1. The topological polar surface area (TPSA) is 101 Å². The molecule has 2 aromatic carbocycles. The van der Waals surface area contributed by atoms with E-state index in [4.69, 9.17) is 21.2 Å². The van der Waals surface area contributed by atoms with Crippen molar-refractivity contribution in [1.82, 2.24) is 20.3 Å². The van der Waals surface area contributed by atoms with Crippen LogP contribution in [0.2, 0.25) is 5.02 Å². The molecule has 1 amide bonds. The zero-order valence-electron chi connectivity index (χ0n) is 20.1. The van der Waals surface area contributed by atoms with E-state index < -0.39 is 5.54 Å². The highest BCUT2D eigenvalue weighted by atomic mass is 35.5. The predicted octanol–water partition coefficient (Wildman–Crippen LogP) is 5.81. The number of aromatic nitrogens is 3. The molecule has 0 aliphatic heterocycles. The fraction of sp³-hybridized carbons (Fsp3) is 0.231. The van der Waals surface area contributed by atoms with Crippen molar-refractivity contribution in [3.63, 3.8) is 0 Å². The molecule has 0 aliphatic rings. The lowest BCUT2D eigenvalue weighted by atomic mass is 9.94. The van der Waals surface area contributed by atoms with E-state index in [0.717, 1.165) is 22.4 Å². The molecule has 0 radical (unpaired) electrons. The first-order valence-corrected chi connectivity index (χ1v) is 11.4. The number of ether oxygens (including phenoxy) is 1. The monoisotopic (exact) mass is 491 g/mol. The maximum Gasteiger partial charge on any atom is 0.301 e. The molecular formula is C26H26ClN5O3. The van der Waals surface area contributed by atoms with Crippen LogP contribution in [0.5, 0.6) is 11.8 Å². The highest BCUT2D eigenvalue weighted by molar-refractivity contribution is 6.33. The van der Waals surface area contributed by atoms with Crippen molar-refractivity contribution in [2.75, 3.05) is 7.11 Å². The summed E-state index contributed by atoms with van der Waals surface area (Å²) in [7, 11) is 1.52. The summed E-state index contributed by atoms with van der Waals surface area (Å²) >= 11 is 6.53. The quantitative estimate of drug-likeness (QED) is 0.251. The zero-order valence-corrected chi connectivity index (χ0v) is 20.9. The van der Waals surface area contributed by atoms with Crippen LogP contribution in [0.25, 0.3) is 22.4 Å². The van der Waals surface area contributed by atoms with Gasteiger partial charge in [0.15, 0.2) is 5.65 Å². The van der Waals surface area contributed by atoms with Crippen molar-refractivity contribution in [2.24, 2.45) is 5.16 Å². The molecule has 9 heteroatoms. The smallest absolute Gasteiger partial charge is 0.301 e. The number of amides is 1. The number of carbonyl (C=O) groups excluding carboxylic acids is 1. The van der Waals surface area contributed by atoms with Gasteiger partial charge in [-0.2, -0.15) is 4.98 Å². The summed E-state index contributed by atoms with van der Waals surface area (Å²) in [4.78, 5) is 28.5. The molecule has 0 saturated carbocycles. The Morgan fingerprint density at radius 3 is 2.37 bits per heavy atom. The van der Waals surface area contributed by atoms with Crippen molar-refractivity contribution >= 4 is 34.4 Å². The highest BCUT2D eigenvalue weighted by Crippen LogP contribution is 2.31. The summed E-state index contributed by atoms with van der Waals surface area (Å²) in [5.41, 5.74) is 4.81. The summed E-state index contributed by atoms with van der Waals surface area (Å²) < 4.78 is 5.90. The number of aromatic amines is 1. The molecule has 0 saturated heterocycles. The van der Waals surface area contributed by atoms with E-state index in [2.05, 4.69) is 25.4 Å². The Bertz CT molecular complexity index is 1390. The zero-order chi connectivity index (χ0) is 25.2. The molecule has 2 heterocycles. The van der Waals surface area contributed by atoms with Gasteiger partial charge in [-0.05, 0) is 50.1 Å². The molecule has 4 aromatic rings. The number of pyridine rings is 1. The molecule has 4 rings (SSSR count). The van der Waals surface area contributed by atoms with E-state index in [0.29, 0.717) is 33.6 Å². The maximum atomic E-state index is 11.5. The van der Waals surface area contributed by atoms with Crippen molar-refractivity contribution in [1.29, 1.82) is 0 Å². The Kier molecular flexibility index (Phi) is 6.75. The Labute approximate surface area is 208 Å². The molecule has 180 valence electrons. The molecule has 0 fully saturated rings. The molecule has 0 spiro atoms. The van der Waals surface area contributed by atoms with E-state index in [9.17, 15) is 4.79 Å². The number of carbonyl (C=O) groups is 1.